The highest BCUT2D eigenvalue weighted by molar-refractivity contribution is 5.80. The summed E-state index contributed by atoms with van der Waals surface area (Å²) in [5.74, 6) is 0.622. The molecule has 1 aromatic carbocycles. The molecule has 6 nitrogen and oxygen atoms in total. The summed E-state index contributed by atoms with van der Waals surface area (Å²) in [6, 6.07) is 9.92. The molecule has 2 aromatic rings. The van der Waals surface area contributed by atoms with Crippen LogP contribution < -0.4 is 5.32 Å². The molecule has 1 saturated carbocycles. The fourth-order valence-electron chi connectivity index (χ4n) is 4.12. The largest absolute Gasteiger partial charge is 0.454 e. The van der Waals surface area contributed by atoms with Crippen LogP contribution in [0.5, 0.6) is 0 Å². The van der Waals surface area contributed by atoms with Crippen molar-refractivity contribution in [2.45, 2.75) is 77.5 Å². The van der Waals surface area contributed by atoms with Gasteiger partial charge in [-0.15, -0.1) is 0 Å². The van der Waals surface area contributed by atoms with E-state index in [0.29, 0.717) is 6.42 Å². The molecule has 0 bridgehead atoms. The molecule has 1 aliphatic carbocycles. The monoisotopic (exact) mass is 411 g/mol. The third kappa shape index (κ3) is 6.18. The molecule has 3 rings (SSSR count). The zero-order chi connectivity index (χ0) is 21.3. The first-order valence-corrected chi connectivity index (χ1v) is 11.1. The van der Waals surface area contributed by atoms with E-state index in [1.165, 1.54) is 5.56 Å². The number of benzene rings is 1. The van der Waals surface area contributed by atoms with Gasteiger partial charge in [0.25, 0.3) is 0 Å². The lowest BCUT2D eigenvalue weighted by Gasteiger charge is -2.21. The van der Waals surface area contributed by atoms with Crippen LogP contribution >= 0.6 is 0 Å². The van der Waals surface area contributed by atoms with Crippen LogP contribution in [0.1, 0.15) is 69.9 Å². The van der Waals surface area contributed by atoms with E-state index in [-0.39, 0.29) is 30.3 Å². The Labute approximate surface area is 179 Å². The molecular weight excluding hydrogens is 378 g/mol. The lowest BCUT2D eigenvalue weighted by Crippen LogP contribution is -2.38. The van der Waals surface area contributed by atoms with Crippen LogP contribution in [0.25, 0.3) is 0 Å². The fourth-order valence-corrected chi connectivity index (χ4v) is 4.12. The third-order valence-electron chi connectivity index (χ3n) is 5.78. The molecule has 1 fully saturated rings. The second-order valence-electron chi connectivity index (χ2n) is 8.17. The van der Waals surface area contributed by atoms with E-state index in [1.807, 2.05) is 42.8 Å². The molecule has 1 aromatic heterocycles. The van der Waals surface area contributed by atoms with Gasteiger partial charge in [-0.05, 0) is 45.1 Å². The van der Waals surface area contributed by atoms with Crippen molar-refractivity contribution in [3.8, 4) is 0 Å². The predicted octanol–water partition coefficient (Wildman–Crippen LogP) is 4.21. The van der Waals surface area contributed by atoms with Gasteiger partial charge in [0, 0.05) is 30.9 Å². The molecule has 2 atom stereocenters. The molecule has 1 heterocycles. The van der Waals surface area contributed by atoms with Crippen LogP contribution in [0.4, 0.5) is 0 Å². The Balaban J connectivity index is 1.58. The predicted molar refractivity (Wildman–Crippen MR) is 116 cm³/mol. The Bertz CT molecular complexity index is 812. The first kappa shape index (κ1) is 22.1. The molecule has 6 heteroatoms. The Hall–Kier alpha value is -2.63. The number of nitrogens with one attached hydrogen (secondary N) is 1. The van der Waals surface area contributed by atoms with E-state index in [1.54, 1.807) is 6.20 Å². The maximum absolute atomic E-state index is 12.7. The van der Waals surface area contributed by atoms with Crippen molar-refractivity contribution < 1.29 is 14.3 Å². The van der Waals surface area contributed by atoms with Gasteiger partial charge in [0.15, 0.2) is 6.10 Å². The SMILES string of the molecule is CCn1ccnc1[C@H](CCc1ccccc1)OC(=O)C[C@@H](C)NC(=O)C1CCCC1. The minimum absolute atomic E-state index is 0.0648. The van der Waals surface area contributed by atoms with Gasteiger partial charge in [0.2, 0.25) is 5.91 Å². The van der Waals surface area contributed by atoms with E-state index < -0.39 is 6.10 Å². The van der Waals surface area contributed by atoms with Gasteiger partial charge in [0.05, 0.1) is 6.42 Å². The van der Waals surface area contributed by atoms with Gasteiger partial charge in [-0.3, -0.25) is 9.59 Å². The van der Waals surface area contributed by atoms with Crippen LogP contribution in [0.3, 0.4) is 0 Å². The standard InChI is InChI=1S/C24H33N3O3/c1-3-27-16-15-25-23(27)21(14-13-19-9-5-4-6-10-19)30-22(28)17-18(2)26-24(29)20-11-7-8-12-20/h4-6,9-10,15-16,18,20-21H,3,7-8,11-14,17H2,1-2H3,(H,26,29)/t18-,21+/m1/s1. The Morgan fingerprint density at radius 3 is 2.67 bits per heavy atom. The van der Waals surface area contributed by atoms with Gasteiger partial charge in [-0.1, -0.05) is 43.2 Å². The number of aromatic nitrogens is 2. The lowest BCUT2D eigenvalue weighted by atomic mass is 10.1. The Morgan fingerprint density at radius 2 is 1.97 bits per heavy atom. The number of esters is 1. The van der Waals surface area contributed by atoms with Gasteiger partial charge in [-0.2, -0.15) is 0 Å². The average molecular weight is 412 g/mol. The molecule has 0 aliphatic heterocycles. The number of imidazole rings is 1. The number of carbonyl (C=O) groups excluding carboxylic acids is 2. The number of amides is 1. The van der Waals surface area contributed by atoms with Gasteiger partial charge >= 0.3 is 5.97 Å². The highest BCUT2D eigenvalue weighted by Gasteiger charge is 2.26. The summed E-state index contributed by atoms with van der Waals surface area (Å²) in [7, 11) is 0. The number of aryl methyl sites for hydroxylation is 2. The zero-order valence-corrected chi connectivity index (χ0v) is 18.0. The molecule has 162 valence electrons. The highest BCUT2D eigenvalue weighted by Crippen LogP contribution is 2.25. The summed E-state index contributed by atoms with van der Waals surface area (Å²) in [6.07, 6.45) is 8.98. The van der Waals surface area contributed by atoms with E-state index in [0.717, 1.165) is 44.5 Å². The molecule has 0 radical (unpaired) electrons. The number of hydrogen-bond donors (Lipinski definition) is 1. The summed E-state index contributed by atoms with van der Waals surface area (Å²) < 4.78 is 7.87. The molecule has 1 amide bonds. The minimum atomic E-state index is -0.412. The average Bonchev–Trinajstić information content (AvgIpc) is 3.43. The van der Waals surface area contributed by atoms with E-state index >= 15 is 0 Å². The van der Waals surface area contributed by atoms with E-state index in [4.69, 9.17) is 4.74 Å². The van der Waals surface area contributed by atoms with Gasteiger partial charge in [0.1, 0.15) is 5.82 Å². The lowest BCUT2D eigenvalue weighted by molar-refractivity contribution is -0.151. The quantitative estimate of drug-likeness (QED) is 0.595. The van der Waals surface area contributed by atoms with Crippen molar-refractivity contribution in [2.75, 3.05) is 0 Å². The fraction of sp³-hybridized carbons (Fsp3) is 0.542. The van der Waals surface area contributed by atoms with Crippen molar-refractivity contribution in [3.63, 3.8) is 0 Å². The number of hydrogen-bond acceptors (Lipinski definition) is 4. The number of rotatable bonds is 10. The molecule has 1 N–H and O–H groups in total. The van der Waals surface area contributed by atoms with Crippen molar-refractivity contribution >= 4 is 11.9 Å². The first-order valence-electron chi connectivity index (χ1n) is 11.1. The molecule has 0 spiro atoms. The topological polar surface area (TPSA) is 73.2 Å². The maximum Gasteiger partial charge on any atom is 0.308 e. The maximum atomic E-state index is 12.7. The van der Waals surface area contributed by atoms with Crippen molar-refractivity contribution in [2.24, 2.45) is 5.92 Å². The molecule has 30 heavy (non-hydrogen) atoms. The van der Waals surface area contributed by atoms with Crippen LogP contribution in [0.15, 0.2) is 42.7 Å². The number of nitrogens with zero attached hydrogens (tertiary/aromatic N) is 2. The highest BCUT2D eigenvalue weighted by atomic mass is 16.5. The van der Waals surface area contributed by atoms with Crippen LogP contribution in [0.2, 0.25) is 0 Å². The minimum Gasteiger partial charge on any atom is -0.454 e. The van der Waals surface area contributed by atoms with Crippen molar-refractivity contribution in [3.05, 3.63) is 54.1 Å². The van der Waals surface area contributed by atoms with E-state index in [9.17, 15) is 9.59 Å². The van der Waals surface area contributed by atoms with Crippen molar-refractivity contribution in [1.29, 1.82) is 0 Å². The van der Waals surface area contributed by atoms with E-state index in [2.05, 4.69) is 22.4 Å². The van der Waals surface area contributed by atoms with Gasteiger partial charge < -0.3 is 14.6 Å². The first-order chi connectivity index (χ1) is 14.6. The summed E-state index contributed by atoms with van der Waals surface area (Å²) in [6.45, 7) is 4.67. The summed E-state index contributed by atoms with van der Waals surface area (Å²) in [5, 5.41) is 2.98. The summed E-state index contributed by atoms with van der Waals surface area (Å²) in [4.78, 5) is 29.4. The van der Waals surface area contributed by atoms with Crippen LogP contribution in [-0.4, -0.2) is 27.5 Å². The number of ether oxygens (including phenoxy) is 1. The molecule has 1 aliphatic rings. The molecule has 0 unspecified atom stereocenters. The normalized spacial score (nSPS) is 16.2. The summed E-state index contributed by atoms with van der Waals surface area (Å²) in [5.41, 5.74) is 1.20. The molecular formula is C24H33N3O3. The molecule has 0 saturated heterocycles. The van der Waals surface area contributed by atoms with Crippen LogP contribution in [-0.2, 0) is 27.3 Å². The second kappa shape index (κ2) is 11.0. The number of carbonyl (C=O) groups is 2. The second-order valence-corrected chi connectivity index (χ2v) is 8.17. The Kier molecular flexibility index (Phi) is 8.05. The smallest absolute Gasteiger partial charge is 0.308 e. The Morgan fingerprint density at radius 1 is 1.23 bits per heavy atom. The third-order valence-corrected chi connectivity index (χ3v) is 5.78. The van der Waals surface area contributed by atoms with Crippen LogP contribution in [0, 0.1) is 5.92 Å². The van der Waals surface area contributed by atoms with Crippen molar-refractivity contribution in [1.82, 2.24) is 14.9 Å². The zero-order valence-electron chi connectivity index (χ0n) is 18.0. The van der Waals surface area contributed by atoms with Gasteiger partial charge in [-0.25, -0.2) is 4.98 Å². The summed E-state index contributed by atoms with van der Waals surface area (Å²) >= 11 is 0.